The number of hydrogen-bond donors (Lipinski definition) is 0. The van der Waals surface area contributed by atoms with Gasteiger partial charge >= 0.3 is 0 Å². The van der Waals surface area contributed by atoms with Crippen LogP contribution in [0.4, 0.5) is 5.82 Å². The second kappa shape index (κ2) is 6.71. The Labute approximate surface area is 163 Å². The molecule has 4 aromatic rings. The van der Waals surface area contributed by atoms with E-state index < -0.39 is 0 Å². The van der Waals surface area contributed by atoms with E-state index in [9.17, 15) is 0 Å². The molecule has 27 heavy (non-hydrogen) atoms. The maximum Gasteiger partial charge on any atom is 0.165 e. The van der Waals surface area contributed by atoms with Gasteiger partial charge in [0.1, 0.15) is 5.82 Å². The Morgan fingerprint density at radius 3 is 2.33 bits per heavy atom. The normalized spacial score (nSPS) is 14.2. The lowest BCUT2D eigenvalue weighted by Crippen LogP contribution is -2.21. The average molecular weight is 375 g/mol. The quantitative estimate of drug-likeness (QED) is 0.486. The number of anilines is 1. The molecule has 2 aromatic heterocycles. The highest BCUT2D eigenvalue weighted by molar-refractivity contribution is 6.30. The summed E-state index contributed by atoms with van der Waals surface area (Å²) in [5.41, 5.74) is 5.05. The largest absolute Gasteiger partial charge is 0.356 e. The first-order chi connectivity index (χ1) is 13.3. The van der Waals surface area contributed by atoms with E-state index in [2.05, 4.69) is 28.2 Å². The molecule has 0 atom stereocenters. The zero-order valence-corrected chi connectivity index (χ0v) is 15.6. The molecule has 1 aliphatic heterocycles. The van der Waals surface area contributed by atoms with Gasteiger partial charge in [-0.25, -0.2) is 4.98 Å². The van der Waals surface area contributed by atoms with Crippen LogP contribution in [0, 0.1) is 0 Å². The maximum atomic E-state index is 6.06. The highest BCUT2D eigenvalue weighted by Gasteiger charge is 2.20. The lowest BCUT2D eigenvalue weighted by atomic mass is 10.1. The van der Waals surface area contributed by atoms with Crippen LogP contribution in [0.2, 0.25) is 5.02 Å². The average Bonchev–Trinajstić information content (AvgIpc) is 3.39. The fourth-order valence-corrected chi connectivity index (χ4v) is 3.83. The molecule has 3 heterocycles. The van der Waals surface area contributed by atoms with Crippen LogP contribution in [0.15, 0.2) is 66.9 Å². The molecule has 0 amide bonds. The number of nitrogens with zero attached hydrogens (tertiary/aromatic N) is 4. The molecule has 4 nitrogen and oxygen atoms in total. The number of halogens is 1. The van der Waals surface area contributed by atoms with Gasteiger partial charge in [-0.05, 0) is 30.5 Å². The summed E-state index contributed by atoms with van der Waals surface area (Å²) < 4.78 is 1.97. The number of benzene rings is 2. The monoisotopic (exact) mass is 374 g/mol. The third-order valence-electron chi connectivity index (χ3n) is 5.11. The van der Waals surface area contributed by atoms with Crippen molar-refractivity contribution in [3.63, 3.8) is 0 Å². The van der Waals surface area contributed by atoms with Crippen LogP contribution in [0.1, 0.15) is 12.8 Å². The van der Waals surface area contributed by atoms with Gasteiger partial charge in [0.15, 0.2) is 5.65 Å². The summed E-state index contributed by atoms with van der Waals surface area (Å²) >= 11 is 6.06. The van der Waals surface area contributed by atoms with Gasteiger partial charge in [-0.2, -0.15) is 9.61 Å². The fraction of sp³-hybridized carbons (Fsp3) is 0.182. The van der Waals surface area contributed by atoms with Crippen molar-refractivity contribution in [1.82, 2.24) is 14.6 Å². The fourth-order valence-electron chi connectivity index (χ4n) is 3.71. The molecular weight excluding hydrogens is 356 g/mol. The summed E-state index contributed by atoms with van der Waals surface area (Å²) in [7, 11) is 0. The first-order valence-electron chi connectivity index (χ1n) is 9.25. The Bertz CT molecular complexity index is 1080. The Kier molecular flexibility index (Phi) is 4.06. The zero-order valence-electron chi connectivity index (χ0n) is 14.8. The van der Waals surface area contributed by atoms with Gasteiger partial charge in [0.2, 0.25) is 0 Å². The second-order valence-electron chi connectivity index (χ2n) is 6.86. The molecule has 1 saturated heterocycles. The molecule has 1 fully saturated rings. The molecule has 0 N–H and O–H groups in total. The van der Waals surface area contributed by atoms with Gasteiger partial charge < -0.3 is 4.90 Å². The summed E-state index contributed by atoms with van der Waals surface area (Å²) in [6.45, 7) is 2.12. The standard InChI is InChI=1S/C22H19ClN4/c23-18-10-8-16(9-11-18)19-15-24-27-21(26-12-4-5-13-26)14-20(25-22(19)27)17-6-2-1-3-7-17/h1-3,6-11,14-15H,4-5,12-13H2. The smallest absolute Gasteiger partial charge is 0.165 e. The highest BCUT2D eigenvalue weighted by Crippen LogP contribution is 2.31. The van der Waals surface area contributed by atoms with E-state index in [0.717, 1.165) is 52.0 Å². The summed E-state index contributed by atoms with van der Waals surface area (Å²) in [5.74, 6) is 1.11. The van der Waals surface area contributed by atoms with E-state index in [-0.39, 0.29) is 0 Å². The van der Waals surface area contributed by atoms with E-state index in [1.807, 2.05) is 53.2 Å². The predicted octanol–water partition coefficient (Wildman–Crippen LogP) is 5.32. The van der Waals surface area contributed by atoms with E-state index >= 15 is 0 Å². The van der Waals surface area contributed by atoms with Crippen molar-refractivity contribution in [2.75, 3.05) is 18.0 Å². The maximum absolute atomic E-state index is 6.06. The Hall–Kier alpha value is -2.85. The van der Waals surface area contributed by atoms with Gasteiger partial charge in [0, 0.05) is 35.3 Å². The number of hydrogen-bond acceptors (Lipinski definition) is 3. The van der Waals surface area contributed by atoms with Crippen LogP contribution < -0.4 is 4.90 Å². The Morgan fingerprint density at radius 1 is 0.852 bits per heavy atom. The van der Waals surface area contributed by atoms with E-state index in [1.54, 1.807) is 0 Å². The molecular formula is C22H19ClN4. The summed E-state index contributed by atoms with van der Waals surface area (Å²) in [6, 6.07) is 20.3. The van der Waals surface area contributed by atoms with E-state index in [1.165, 1.54) is 12.8 Å². The number of fused-ring (bicyclic) bond motifs is 1. The molecule has 0 radical (unpaired) electrons. The molecule has 1 aliphatic rings. The first kappa shape index (κ1) is 16.3. The molecule has 5 rings (SSSR count). The Morgan fingerprint density at radius 2 is 1.59 bits per heavy atom. The van der Waals surface area contributed by atoms with Crippen LogP contribution in [0.3, 0.4) is 0 Å². The van der Waals surface area contributed by atoms with Gasteiger partial charge in [0.25, 0.3) is 0 Å². The van der Waals surface area contributed by atoms with Crippen molar-refractivity contribution < 1.29 is 0 Å². The van der Waals surface area contributed by atoms with Crippen LogP contribution in [0.25, 0.3) is 28.0 Å². The first-order valence-corrected chi connectivity index (χ1v) is 9.62. The van der Waals surface area contributed by atoms with Crippen LogP contribution >= 0.6 is 11.6 Å². The van der Waals surface area contributed by atoms with Crippen LogP contribution in [-0.4, -0.2) is 27.7 Å². The third-order valence-corrected chi connectivity index (χ3v) is 5.36. The van der Waals surface area contributed by atoms with Crippen LogP contribution in [-0.2, 0) is 0 Å². The van der Waals surface area contributed by atoms with Gasteiger partial charge in [-0.1, -0.05) is 54.1 Å². The lowest BCUT2D eigenvalue weighted by Gasteiger charge is -2.19. The molecule has 0 bridgehead atoms. The van der Waals surface area contributed by atoms with Gasteiger partial charge in [-0.3, -0.25) is 0 Å². The summed E-state index contributed by atoms with van der Waals surface area (Å²) in [5, 5.41) is 5.40. The minimum atomic E-state index is 0.728. The molecule has 0 spiro atoms. The van der Waals surface area contributed by atoms with Gasteiger partial charge in [0.05, 0.1) is 11.9 Å². The van der Waals surface area contributed by atoms with Crippen molar-refractivity contribution in [3.8, 4) is 22.4 Å². The summed E-state index contributed by atoms with van der Waals surface area (Å²) in [4.78, 5) is 7.38. The Balaban J connectivity index is 1.74. The molecule has 134 valence electrons. The molecule has 2 aromatic carbocycles. The molecule has 0 aliphatic carbocycles. The number of rotatable bonds is 3. The van der Waals surface area contributed by atoms with E-state index in [0.29, 0.717) is 0 Å². The van der Waals surface area contributed by atoms with Crippen molar-refractivity contribution in [3.05, 3.63) is 71.9 Å². The van der Waals surface area contributed by atoms with Crippen molar-refractivity contribution in [2.45, 2.75) is 12.8 Å². The van der Waals surface area contributed by atoms with Crippen molar-refractivity contribution >= 4 is 23.1 Å². The topological polar surface area (TPSA) is 33.4 Å². The number of aromatic nitrogens is 3. The van der Waals surface area contributed by atoms with Crippen LogP contribution in [0.5, 0.6) is 0 Å². The second-order valence-corrected chi connectivity index (χ2v) is 7.30. The molecule has 0 unspecified atom stereocenters. The minimum absolute atomic E-state index is 0.728. The van der Waals surface area contributed by atoms with Crippen molar-refractivity contribution in [1.29, 1.82) is 0 Å². The molecule has 0 saturated carbocycles. The van der Waals surface area contributed by atoms with Gasteiger partial charge in [-0.15, -0.1) is 0 Å². The summed E-state index contributed by atoms with van der Waals surface area (Å²) in [6.07, 6.45) is 4.34. The van der Waals surface area contributed by atoms with Crippen molar-refractivity contribution in [2.24, 2.45) is 0 Å². The minimum Gasteiger partial charge on any atom is -0.356 e. The predicted molar refractivity (Wildman–Crippen MR) is 110 cm³/mol. The molecule has 5 heteroatoms. The lowest BCUT2D eigenvalue weighted by molar-refractivity contribution is 0.852. The van der Waals surface area contributed by atoms with E-state index in [4.69, 9.17) is 16.6 Å². The highest BCUT2D eigenvalue weighted by atomic mass is 35.5. The SMILES string of the molecule is Clc1ccc(-c2cnn3c(N4CCCC4)cc(-c4ccccc4)nc23)cc1. The zero-order chi connectivity index (χ0) is 18.2. The third kappa shape index (κ3) is 2.96.